The maximum atomic E-state index is 13.6. The number of carbonyl (C=O) groups excluding carboxylic acids is 7. The Hall–Kier alpha value is -6.91. The summed E-state index contributed by atoms with van der Waals surface area (Å²) >= 11 is 0. The minimum atomic E-state index is -1.56. The number of hydrogen-bond donors (Lipinski definition) is 6. The molecule has 0 spiro atoms. The summed E-state index contributed by atoms with van der Waals surface area (Å²) in [6.45, 7) is 8.14. The molecule has 7 rings (SSSR count). The van der Waals surface area contributed by atoms with E-state index in [2.05, 4.69) is 26.6 Å². The molecule has 1 aromatic carbocycles. The standard InChI is InChI=1S/C51H66N8O18/c1-31(2)46(57-42(61)6-11-69-15-19-73-21-22-74-20-18-71-13-8-53-41(60)5-10-58-44(63)3-4-45(58)64)49(66)55-27-43(62)54-9-14-72-17-16-70-12-7-52-26-34-32-24-39-40(77-30-76-39)25-37(32)56-47-35(34)28-59-38(47)23-33-36(50(59)67)29-75-51(68)48(33)65/h3-4,23-25,31,46,48,52,65H,5-22,26-30H2,1-2H3,(H,53,60)(H,54,62)(H,55,66)(H,57,61)/t46?,48-/m0/s1. The van der Waals surface area contributed by atoms with Gasteiger partial charge in [-0.2, -0.15) is 0 Å². The molecule has 26 heteroatoms. The molecule has 0 bridgehead atoms. The van der Waals surface area contributed by atoms with E-state index in [0.29, 0.717) is 81.1 Å². The molecule has 6 N–H and O–H groups in total. The molecule has 0 fully saturated rings. The van der Waals surface area contributed by atoms with Gasteiger partial charge in [0, 0.05) is 80.3 Å². The number of cyclic esters (lactones) is 1. The second-order valence-corrected chi connectivity index (χ2v) is 18.2. The van der Waals surface area contributed by atoms with Gasteiger partial charge in [-0.05, 0) is 23.6 Å². The number of pyridine rings is 2. The van der Waals surface area contributed by atoms with E-state index in [4.69, 9.17) is 47.6 Å². The van der Waals surface area contributed by atoms with Gasteiger partial charge < -0.3 is 78.9 Å². The van der Waals surface area contributed by atoms with Crippen LogP contribution in [-0.4, -0.2) is 186 Å². The van der Waals surface area contributed by atoms with Crippen LogP contribution in [0.15, 0.2) is 35.1 Å². The quantitative estimate of drug-likeness (QED) is 0.0179. The van der Waals surface area contributed by atoms with Gasteiger partial charge in [0.15, 0.2) is 17.6 Å². The minimum absolute atomic E-state index is 0.0113. The van der Waals surface area contributed by atoms with Crippen LogP contribution in [0.4, 0.5) is 0 Å². The van der Waals surface area contributed by atoms with Crippen molar-refractivity contribution in [1.29, 1.82) is 0 Å². The fraction of sp³-hybridized carbons (Fsp3) is 0.549. The molecule has 0 saturated carbocycles. The summed E-state index contributed by atoms with van der Waals surface area (Å²) < 4.78 is 51.0. The van der Waals surface area contributed by atoms with Crippen LogP contribution in [0, 0.1) is 5.92 Å². The Balaban J connectivity index is 0.677. The Kier molecular flexibility index (Phi) is 21.8. The van der Waals surface area contributed by atoms with Crippen LogP contribution in [0.1, 0.15) is 55.0 Å². The van der Waals surface area contributed by atoms with E-state index in [0.717, 1.165) is 21.4 Å². The van der Waals surface area contributed by atoms with Gasteiger partial charge in [-0.1, -0.05) is 13.8 Å². The Bertz CT molecular complexity index is 2690. The number of nitrogens with one attached hydrogen (secondary N) is 5. The first-order valence-electron chi connectivity index (χ1n) is 25.5. The molecule has 2 atom stereocenters. The number of amides is 6. The van der Waals surface area contributed by atoms with E-state index < -0.39 is 41.7 Å². The van der Waals surface area contributed by atoms with Crippen molar-refractivity contribution in [2.75, 3.05) is 119 Å². The van der Waals surface area contributed by atoms with Crippen molar-refractivity contribution in [1.82, 2.24) is 41.0 Å². The average molecular weight is 1080 g/mol. The number of aliphatic hydroxyl groups excluding tert-OH is 1. The predicted molar refractivity (Wildman–Crippen MR) is 269 cm³/mol. The normalized spacial score (nSPS) is 15.4. The Morgan fingerprint density at radius 2 is 1.30 bits per heavy atom. The van der Waals surface area contributed by atoms with Gasteiger partial charge in [-0.25, -0.2) is 9.78 Å². The highest BCUT2D eigenvalue weighted by molar-refractivity contribution is 6.13. The largest absolute Gasteiger partial charge is 0.458 e. The van der Waals surface area contributed by atoms with Crippen LogP contribution < -0.4 is 41.6 Å². The molecule has 2 aromatic heterocycles. The summed E-state index contributed by atoms with van der Waals surface area (Å²) in [7, 11) is 0. The lowest BCUT2D eigenvalue weighted by atomic mass is 9.98. The maximum absolute atomic E-state index is 13.6. The fourth-order valence-corrected chi connectivity index (χ4v) is 8.51. The first kappa shape index (κ1) is 57.8. The van der Waals surface area contributed by atoms with Crippen molar-refractivity contribution in [3.05, 3.63) is 63.0 Å². The van der Waals surface area contributed by atoms with E-state index >= 15 is 0 Å². The number of aromatic nitrogens is 2. The van der Waals surface area contributed by atoms with Gasteiger partial charge >= 0.3 is 5.97 Å². The SMILES string of the molecule is CC(C)C(NC(=O)CCOCCOCCOCCOCCNC(=O)CCN1C(=O)C=CC1=O)C(=O)NCC(=O)NCCOCCOCCNCc1c2c(nc3cc4c(cc13)OCO4)-c1cc3c(c(=O)n1C2)COC(=O)[C@H]3O. The van der Waals surface area contributed by atoms with Crippen molar-refractivity contribution in [3.63, 3.8) is 0 Å². The minimum Gasteiger partial charge on any atom is -0.458 e. The highest BCUT2D eigenvalue weighted by Crippen LogP contribution is 2.42. The highest BCUT2D eigenvalue weighted by Gasteiger charge is 2.35. The lowest BCUT2D eigenvalue weighted by Crippen LogP contribution is -2.51. The zero-order valence-corrected chi connectivity index (χ0v) is 43.1. The van der Waals surface area contributed by atoms with E-state index in [1.807, 2.05) is 6.07 Å². The summed E-state index contributed by atoms with van der Waals surface area (Å²) in [6.07, 6.45) is 0.812. The summed E-state index contributed by atoms with van der Waals surface area (Å²) in [5.41, 5.74) is 3.53. The Morgan fingerprint density at radius 1 is 0.701 bits per heavy atom. The molecule has 3 aromatic rings. The lowest BCUT2D eigenvalue weighted by Gasteiger charge is -2.21. The first-order valence-corrected chi connectivity index (χ1v) is 25.5. The number of imide groups is 1. The van der Waals surface area contributed by atoms with Crippen molar-refractivity contribution in [3.8, 4) is 22.9 Å². The number of ether oxygens (including phenoxy) is 9. The molecule has 1 unspecified atom stereocenters. The van der Waals surface area contributed by atoms with Gasteiger partial charge in [-0.3, -0.25) is 38.5 Å². The molecular formula is C51H66N8O18. The van der Waals surface area contributed by atoms with Gasteiger partial charge in [-0.15, -0.1) is 0 Å². The van der Waals surface area contributed by atoms with Crippen molar-refractivity contribution >= 4 is 52.3 Å². The number of fused-ring (bicyclic) bond motifs is 6. The predicted octanol–water partition coefficient (Wildman–Crippen LogP) is -1.37. The maximum Gasteiger partial charge on any atom is 0.340 e. The number of nitrogens with zero attached hydrogens (tertiary/aromatic N) is 3. The Morgan fingerprint density at radius 3 is 1.95 bits per heavy atom. The van der Waals surface area contributed by atoms with E-state index in [1.165, 1.54) is 12.2 Å². The van der Waals surface area contributed by atoms with Gasteiger partial charge in [0.2, 0.25) is 30.4 Å². The van der Waals surface area contributed by atoms with Crippen LogP contribution in [0.5, 0.6) is 11.5 Å². The second kappa shape index (κ2) is 29.0. The molecule has 6 amide bonds. The third-order valence-corrected chi connectivity index (χ3v) is 12.5. The summed E-state index contributed by atoms with van der Waals surface area (Å²) in [5, 5.41) is 25.4. The highest BCUT2D eigenvalue weighted by atomic mass is 16.7. The van der Waals surface area contributed by atoms with Gasteiger partial charge in [0.05, 0.1) is 115 Å². The van der Waals surface area contributed by atoms with Crippen LogP contribution in [0.25, 0.3) is 22.3 Å². The molecule has 77 heavy (non-hydrogen) atoms. The topological polar surface area (TPSA) is 321 Å². The second-order valence-electron chi connectivity index (χ2n) is 18.2. The van der Waals surface area contributed by atoms with Crippen LogP contribution >= 0.6 is 0 Å². The smallest absolute Gasteiger partial charge is 0.340 e. The van der Waals surface area contributed by atoms with Crippen molar-refractivity contribution in [2.24, 2.45) is 5.92 Å². The molecule has 6 heterocycles. The van der Waals surface area contributed by atoms with Crippen LogP contribution in [0.2, 0.25) is 0 Å². The Labute approximate surface area is 442 Å². The number of benzene rings is 1. The number of aliphatic hydroxyl groups is 1. The molecular weight excluding hydrogens is 1010 g/mol. The zero-order valence-electron chi connectivity index (χ0n) is 43.1. The fourth-order valence-electron chi connectivity index (χ4n) is 8.51. The number of rotatable bonds is 34. The van der Waals surface area contributed by atoms with Gasteiger partial charge in [0.1, 0.15) is 12.6 Å². The third-order valence-electron chi connectivity index (χ3n) is 12.5. The van der Waals surface area contributed by atoms with Crippen LogP contribution in [-0.2, 0) is 86.4 Å². The van der Waals surface area contributed by atoms with Gasteiger partial charge in [0.25, 0.3) is 17.4 Å². The molecule has 0 saturated heterocycles. The molecule has 26 nitrogen and oxygen atoms in total. The number of carbonyl (C=O) groups is 7. The molecule has 0 aliphatic carbocycles. The zero-order chi connectivity index (χ0) is 54.7. The summed E-state index contributed by atoms with van der Waals surface area (Å²) in [5.74, 6) is -2.37. The summed E-state index contributed by atoms with van der Waals surface area (Å²) in [6, 6.07) is 4.45. The van der Waals surface area contributed by atoms with E-state index in [1.54, 1.807) is 30.5 Å². The number of esters is 1. The summed E-state index contributed by atoms with van der Waals surface area (Å²) in [4.78, 5) is 104. The third kappa shape index (κ3) is 16.1. The number of hydrogen-bond acceptors (Lipinski definition) is 20. The molecule has 4 aliphatic heterocycles. The van der Waals surface area contributed by atoms with Crippen LogP contribution in [0.3, 0.4) is 0 Å². The van der Waals surface area contributed by atoms with E-state index in [9.17, 15) is 43.5 Å². The van der Waals surface area contributed by atoms with Crippen molar-refractivity contribution in [2.45, 2.75) is 58.5 Å². The van der Waals surface area contributed by atoms with E-state index in [-0.39, 0.29) is 133 Å². The molecule has 4 aliphatic rings. The lowest BCUT2D eigenvalue weighted by molar-refractivity contribution is -0.157. The first-order chi connectivity index (χ1) is 37.3. The molecule has 418 valence electrons. The average Bonchev–Trinajstić information content (AvgIpc) is 4.18. The molecule has 0 radical (unpaired) electrons. The monoisotopic (exact) mass is 1080 g/mol. The van der Waals surface area contributed by atoms with Crippen molar-refractivity contribution < 1.29 is 81.3 Å².